The van der Waals surface area contributed by atoms with E-state index in [-0.39, 0.29) is 0 Å². The zero-order valence-electron chi connectivity index (χ0n) is 21.0. The second-order valence-electron chi connectivity index (χ2n) is 9.97. The van der Waals surface area contributed by atoms with Crippen molar-refractivity contribution in [3.63, 3.8) is 0 Å². The smallest absolute Gasteiger partial charge is 0.359 e. The number of hydrogen-bond donors (Lipinski definition) is 0. The van der Waals surface area contributed by atoms with Crippen LogP contribution in [0.15, 0.2) is 88.7 Å². The van der Waals surface area contributed by atoms with E-state index < -0.39 is 29.2 Å². The molecule has 0 unspecified atom stereocenters. The number of carbonyl (C=O) groups excluding carboxylic acids is 2. The Bertz CT molecular complexity index is 1130. The summed E-state index contributed by atoms with van der Waals surface area (Å²) in [6.45, 7) is 10.4. The van der Waals surface area contributed by atoms with E-state index in [1.807, 2.05) is 66.7 Å². The van der Waals surface area contributed by atoms with Gasteiger partial charge in [-0.25, -0.2) is 9.59 Å². The Balaban J connectivity index is 1.99. The first-order valence-corrected chi connectivity index (χ1v) is 12.3. The Kier molecular flexibility index (Phi) is 8.28. The van der Waals surface area contributed by atoms with E-state index in [2.05, 4.69) is 0 Å². The molecule has 0 aliphatic carbocycles. The van der Waals surface area contributed by atoms with Gasteiger partial charge in [0.1, 0.15) is 17.0 Å². The van der Waals surface area contributed by atoms with E-state index >= 15 is 0 Å². The van der Waals surface area contributed by atoms with Crippen molar-refractivity contribution in [2.75, 3.05) is 0 Å². The van der Waals surface area contributed by atoms with E-state index in [0.717, 1.165) is 20.9 Å². The number of benzene rings is 3. The number of para-hydroxylation sites is 1. The lowest BCUT2D eigenvalue weighted by atomic mass is 10.0. The quantitative estimate of drug-likeness (QED) is 0.263. The molecular formula is C29H32O5S. The highest BCUT2D eigenvalue weighted by Crippen LogP contribution is 2.40. The first-order valence-electron chi connectivity index (χ1n) is 11.5. The number of esters is 2. The van der Waals surface area contributed by atoms with Crippen LogP contribution >= 0.6 is 11.8 Å². The summed E-state index contributed by atoms with van der Waals surface area (Å²) in [5.74, 6) is -1.21. The van der Waals surface area contributed by atoms with Gasteiger partial charge in [-0.05, 0) is 71.4 Å². The summed E-state index contributed by atoms with van der Waals surface area (Å²) >= 11 is 1.63. The SMILES string of the molecule is CC(C)(C)OC(=O)C(Oc1ccccc1-c1ccccc1Sc1ccccc1)C(=O)OC(C)(C)C. The number of hydrogen-bond acceptors (Lipinski definition) is 6. The minimum absolute atomic E-state index is 0.385. The standard InChI is InChI=1S/C29H32O5S/c1-28(2,3)33-26(30)25(27(31)34-29(4,5)6)32-23-18-12-10-16-21(23)22-17-11-13-19-24(22)35-20-14-8-7-9-15-20/h7-19,25H,1-6H3. The first-order chi connectivity index (χ1) is 16.4. The summed E-state index contributed by atoms with van der Waals surface area (Å²) in [4.78, 5) is 28.1. The maximum atomic E-state index is 13.0. The van der Waals surface area contributed by atoms with Crippen molar-refractivity contribution in [1.82, 2.24) is 0 Å². The van der Waals surface area contributed by atoms with Crippen LogP contribution in [0, 0.1) is 0 Å². The summed E-state index contributed by atoms with van der Waals surface area (Å²) in [6.07, 6.45) is -1.57. The lowest BCUT2D eigenvalue weighted by Crippen LogP contribution is -2.44. The monoisotopic (exact) mass is 492 g/mol. The Morgan fingerprint density at radius 2 is 1.14 bits per heavy atom. The van der Waals surface area contributed by atoms with Gasteiger partial charge in [-0.2, -0.15) is 0 Å². The van der Waals surface area contributed by atoms with Gasteiger partial charge in [-0.15, -0.1) is 0 Å². The van der Waals surface area contributed by atoms with Crippen LogP contribution in [0.1, 0.15) is 41.5 Å². The van der Waals surface area contributed by atoms with Crippen LogP contribution in [0.25, 0.3) is 11.1 Å². The Labute approximate surface area is 211 Å². The van der Waals surface area contributed by atoms with Crippen LogP contribution < -0.4 is 4.74 Å². The maximum Gasteiger partial charge on any atom is 0.359 e. The highest BCUT2D eigenvalue weighted by atomic mass is 32.2. The first kappa shape index (κ1) is 26.4. The van der Waals surface area contributed by atoms with Crippen LogP contribution in [0.3, 0.4) is 0 Å². The second kappa shape index (κ2) is 11.0. The molecule has 0 radical (unpaired) electrons. The lowest BCUT2D eigenvalue weighted by Gasteiger charge is -2.27. The van der Waals surface area contributed by atoms with Gasteiger partial charge in [0.15, 0.2) is 0 Å². The minimum Gasteiger partial charge on any atom is -0.466 e. The molecule has 0 aliphatic heterocycles. The van der Waals surface area contributed by atoms with Crippen LogP contribution in [-0.2, 0) is 19.1 Å². The van der Waals surface area contributed by atoms with Crippen molar-refractivity contribution < 1.29 is 23.8 Å². The maximum absolute atomic E-state index is 13.0. The molecule has 0 saturated heterocycles. The molecule has 0 spiro atoms. The van der Waals surface area contributed by atoms with Gasteiger partial charge >= 0.3 is 11.9 Å². The van der Waals surface area contributed by atoms with E-state index in [9.17, 15) is 9.59 Å². The Morgan fingerprint density at radius 3 is 1.71 bits per heavy atom. The molecule has 3 rings (SSSR count). The molecule has 0 heterocycles. The highest BCUT2D eigenvalue weighted by molar-refractivity contribution is 7.99. The van der Waals surface area contributed by atoms with Gasteiger partial charge in [0.25, 0.3) is 6.10 Å². The third-order valence-electron chi connectivity index (χ3n) is 4.52. The van der Waals surface area contributed by atoms with Gasteiger partial charge in [-0.1, -0.05) is 66.4 Å². The van der Waals surface area contributed by atoms with Crippen LogP contribution in [0.4, 0.5) is 0 Å². The molecule has 184 valence electrons. The normalized spacial score (nSPS) is 11.7. The van der Waals surface area contributed by atoms with Crippen LogP contribution in [-0.4, -0.2) is 29.2 Å². The summed E-state index contributed by atoms with van der Waals surface area (Å²) in [7, 11) is 0. The molecule has 0 aliphatic rings. The van der Waals surface area contributed by atoms with Crippen molar-refractivity contribution in [3.8, 4) is 16.9 Å². The molecular weight excluding hydrogens is 460 g/mol. The van der Waals surface area contributed by atoms with Crippen molar-refractivity contribution >= 4 is 23.7 Å². The van der Waals surface area contributed by atoms with Crippen LogP contribution in [0.2, 0.25) is 0 Å². The van der Waals surface area contributed by atoms with E-state index in [4.69, 9.17) is 14.2 Å². The fraction of sp³-hybridized carbons (Fsp3) is 0.310. The summed E-state index contributed by atoms with van der Waals surface area (Å²) < 4.78 is 17.0. The van der Waals surface area contributed by atoms with Crippen molar-refractivity contribution in [1.29, 1.82) is 0 Å². The molecule has 0 N–H and O–H groups in total. The third kappa shape index (κ3) is 7.89. The minimum atomic E-state index is -1.57. The fourth-order valence-corrected chi connectivity index (χ4v) is 4.20. The summed E-state index contributed by atoms with van der Waals surface area (Å²) in [6, 6.07) is 25.3. The Morgan fingerprint density at radius 1 is 0.657 bits per heavy atom. The predicted molar refractivity (Wildman–Crippen MR) is 139 cm³/mol. The number of rotatable bonds is 7. The molecule has 3 aromatic carbocycles. The van der Waals surface area contributed by atoms with Crippen molar-refractivity contribution in [2.24, 2.45) is 0 Å². The molecule has 6 heteroatoms. The van der Waals surface area contributed by atoms with E-state index in [1.165, 1.54) is 0 Å². The molecule has 5 nitrogen and oxygen atoms in total. The zero-order valence-corrected chi connectivity index (χ0v) is 21.8. The lowest BCUT2D eigenvalue weighted by molar-refractivity contribution is -0.179. The molecule has 0 fully saturated rings. The second-order valence-corrected chi connectivity index (χ2v) is 11.1. The molecule has 0 saturated carbocycles. The van der Waals surface area contributed by atoms with Gasteiger partial charge in [0.2, 0.25) is 0 Å². The molecule has 0 amide bonds. The topological polar surface area (TPSA) is 61.8 Å². The molecule has 35 heavy (non-hydrogen) atoms. The average molecular weight is 493 g/mol. The highest BCUT2D eigenvalue weighted by Gasteiger charge is 2.37. The largest absolute Gasteiger partial charge is 0.466 e. The van der Waals surface area contributed by atoms with Crippen LogP contribution in [0.5, 0.6) is 5.75 Å². The molecule has 0 bridgehead atoms. The summed E-state index contributed by atoms with van der Waals surface area (Å²) in [5, 5.41) is 0. The molecule has 0 atom stereocenters. The summed E-state index contributed by atoms with van der Waals surface area (Å²) in [5.41, 5.74) is 0.0888. The number of ether oxygens (including phenoxy) is 3. The van der Waals surface area contributed by atoms with E-state index in [1.54, 1.807) is 65.4 Å². The number of carbonyl (C=O) groups is 2. The van der Waals surface area contributed by atoms with Gasteiger partial charge in [-0.3, -0.25) is 0 Å². The Hall–Kier alpha value is -3.25. The van der Waals surface area contributed by atoms with Gasteiger partial charge in [0, 0.05) is 15.4 Å². The zero-order chi connectivity index (χ0) is 25.6. The molecule has 0 aromatic heterocycles. The average Bonchev–Trinajstić information content (AvgIpc) is 2.76. The fourth-order valence-electron chi connectivity index (χ4n) is 3.22. The van der Waals surface area contributed by atoms with Crippen molar-refractivity contribution in [2.45, 2.75) is 68.6 Å². The predicted octanol–water partition coefficient (Wildman–Crippen LogP) is 6.94. The van der Waals surface area contributed by atoms with Gasteiger partial charge in [0.05, 0.1) is 0 Å². The molecule has 3 aromatic rings. The van der Waals surface area contributed by atoms with E-state index in [0.29, 0.717) is 5.75 Å². The third-order valence-corrected chi connectivity index (χ3v) is 5.61. The van der Waals surface area contributed by atoms with Gasteiger partial charge < -0.3 is 14.2 Å². The van der Waals surface area contributed by atoms with Crippen molar-refractivity contribution in [3.05, 3.63) is 78.9 Å².